The van der Waals surface area contributed by atoms with Crippen LogP contribution in [-0.4, -0.2) is 20.5 Å². The number of aliphatic hydroxyl groups is 1. The summed E-state index contributed by atoms with van der Waals surface area (Å²) >= 11 is 1.99. The van der Waals surface area contributed by atoms with E-state index in [1.54, 1.807) is 0 Å². The number of hydrogen-bond donors (Lipinski definition) is 2. The van der Waals surface area contributed by atoms with Crippen molar-refractivity contribution >= 4 is 22.6 Å². The summed E-state index contributed by atoms with van der Waals surface area (Å²) in [4.78, 5) is 0. The Morgan fingerprint density at radius 3 is 2.62 bits per heavy atom. The summed E-state index contributed by atoms with van der Waals surface area (Å²) in [6.07, 6.45) is 0. The minimum Gasteiger partial charge on any atom is -0.390 e. The van der Waals surface area contributed by atoms with Crippen LogP contribution in [0.5, 0.6) is 0 Å². The molecule has 0 spiro atoms. The fourth-order valence-electron chi connectivity index (χ4n) is 0.341. The van der Waals surface area contributed by atoms with Gasteiger partial charge in [0.15, 0.2) is 0 Å². The topological polar surface area (TPSA) is 61.8 Å². The van der Waals surface area contributed by atoms with Crippen LogP contribution < -0.4 is 0 Å². The van der Waals surface area contributed by atoms with E-state index in [9.17, 15) is 0 Å². The minimum atomic E-state index is -0.0469. The summed E-state index contributed by atoms with van der Waals surface area (Å²) in [6.45, 7) is -0.0469. The van der Waals surface area contributed by atoms with Crippen molar-refractivity contribution in [3.8, 4) is 0 Å². The lowest BCUT2D eigenvalue weighted by atomic mass is 10.5. The third-order valence-electron chi connectivity index (χ3n) is 0.721. The van der Waals surface area contributed by atoms with Crippen molar-refractivity contribution < 1.29 is 5.11 Å². The van der Waals surface area contributed by atoms with Crippen LogP contribution in [0.1, 0.15) is 5.69 Å². The molecule has 5 heteroatoms. The molecule has 0 aliphatic heterocycles. The Morgan fingerprint density at radius 1 is 1.62 bits per heavy atom. The van der Waals surface area contributed by atoms with Crippen molar-refractivity contribution in [2.75, 3.05) is 0 Å². The largest absolute Gasteiger partial charge is 0.390 e. The Bertz CT molecular complexity index is 175. The summed E-state index contributed by atoms with van der Waals surface area (Å²) in [5.74, 6) is 0. The maximum absolute atomic E-state index is 8.48. The maximum atomic E-state index is 8.48. The van der Waals surface area contributed by atoms with E-state index >= 15 is 0 Å². The molecule has 0 bridgehead atoms. The third-order valence-corrected chi connectivity index (χ3v) is 1.58. The standard InChI is InChI=1S/C3H4IN3O/c4-3-2(1-8)5-7-6-3/h8H,1H2,(H,5,6,7). The van der Waals surface area contributed by atoms with E-state index < -0.39 is 0 Å². The van der Waals surface area contributed by atoms with Crippen LogP contribution >= 0.6 is 22.6 Å². The summed E-state index contributed by atoms with van der Waals surface area (Å²) in [6, 6.07) is 0. The van der Waals surface area contributed by atoms with E-state index in [0.717, 1.165) is 3.70 Å². The zero-order chi connectivity index (χ0) is 5.98. The summed E-state index contributed by atoms with van der Waals surface area (Å²) < 4.78 is 0.727. The van der Waals surface area contributed by atoms with Crippen molar-refractivity contribution in [2.24, 2.45) is 0 Å². The molecule has 0 fully saturated rings. The van der Waals surface area contributed by atoms with E-state index in [0.29, 0.717) is 5.69 Å². The van der Waals surface area contributed by atoms with Crippen LogP contribution in [0.4, 0.5) is 0 Å². The van der Waals surface area contributed by atoms with Gasteiger partial charge in [-0.1, -0.05) is 0 Å². The van der Waals surface area contributed by atoms with Crippen LogP contribution in [0.3, 0.4) is 0 Å². The molecule has 0 saturated heterocycles. The van der Waals surface area contributed by atoms with Gasteiger partial charge in [-0.15, -0.1) is 5.10 Å². The molecule has 0 aromatic carbocycles. The van der Waals surface area contributed by atoms with Gasteiger partial charge < -0.3 is 5.11 Å². The van der Waals surface area contributed by atoms with Gasteiger partial charge in [0.05, 0.1) is 6.61 Å². The van der Waals surface area contributed by atoms with Crippen molar-refractivity contribution in [3.63, 3.8) is 0 Å². The zero-order valence-electron chi connectivity index (χ0n) is 3.93. The number of nitrogens with zero attached hydrogens (tertiary/aromatic N) is 2. The smallest absolute Gasteiger partial charge is 0.148 e. The average molecular weight is 225 g/mol. The summed E-state index contributed by atoms with van der Waals surface area (Å²) in [7, 11) is 0. The first-order valence-electron chi connectivity index (χ1n) is 2.00. The van der Waals surface area contributed by atoms with Gasteiger partial charge >= 0.3 is 0 Å². The number of aliphatic hydroxyl groups excluding tert-OH is 1. The molecular formula is C3H4IN3O. The van der Waals surface area contributed by atoms with E-state index in [-0.39, 0.29) is 6.61 Å². The lowest BCUT2D eigenvalue weighted by Gasteiger charge is -1.80. The predicted molar refractivity (Wildman–Crippen MR) is 35.0 cm³/mol. The Kier molecular flexibility index (Phi) is 1.79. The second kappa shape index (κ2) is 2.40. The van der Waals surface area contributed by atoms with Gasteiger partial charge in [-0.2, -0.15) is 10.3 Å². The Labute approximate surface area is 59.4 Å². The molecule has 8 heavy (non-hydrogen) atoms. The fraction of sp³-hybridized carbons (Fsp3) is 0.333. The van der Waals surface area contributed by atoms with Gasteiger partial charge in [-0.05, 0) is 22.6 Å². The molecule has 0 amide bonds. The normalized spacial score (nSPS) is 9.75. The molecule has 4 nitrogen and oxygen atoms in total. The van der Waals surface area contributed by atoms with Crippen molar-refractivity contribution in [1.29, 1.82) is 0 Å². The average Bonchev–Trinajstić information content (AvgIpc) is 2.14. The molecule has 0 aliphatic rings. The Hall–Kier alpha value is -0.170. The first-order chi connectivity index (χ1) is 3.84. The highest BCUT2D eigenvalue weighted by molar-refractivity contribution is 14.1. The molecule has 0 aliphatic carbocycles. The molecule has 1 heterocycles. The van der Waals surface area contributed by atoms with Crippen molar-refractivity contribution in [2.45, 2.75) is 6.61 Å². The van der Waals surface area contributed by atoms with Gasteiger partial charge in [0.25, 0.3) is 0 Å². The number of aromatic nitrogens is 3. The molecule has 1 rings (SSSR count). The van der Waals surface area contributed by atoms with Gasteiger partial charge in [-0.3, -0.25) is 0 Å². The zero-order valence-corrected chi connectivity index (χ0v) is 6.08. The second-order valence-electron chi connectivity index (χ2n) is 1.22. The highest BCUT2D eigenvalue weighted by atomic mass is 127. The number of halogens is 1. The maximum Gasteiger partial charge on any atom is 0.148 e. The number of aromatic amines is 1. The van der Waals surface area contributed by atoms with E-state index in [1.165, 1.54) is 0 Å². The SMILES string of the molecule is OCc1n[nH]nc1I. The molecule has 0 unspecified atom stereocenters. The van der Waals surface area contributed by atoms with Crippen LogP contribution in [0, 0.1) is 3.70 Å². The monoisotopic (exact) mass is 225 g/mol. The first kappa shape index (κ1) is 5.96. The lowest BCUT2D eigenvalue weighted by molar-refractivity contribution is 0.276. The van der Waals surface area contributed by atoms with Crippen molar-refractivity contribution in [3.05, 3.63) is 9.39 Å². The highest BCUT2D eigenvalue weighted by Gasteiger charge is 1.99. The van der Waals surface area contributed by atoms with Crippen LogP contribution in [-0.2, 0) is 6.61 Å². The van der Waals surface area contributed by atoms with Crippen LogP contribution in [0.15, 0.2) is 0 Å². The lowest BCUT2D eigenvalue weighted by Crippen LogP contribution is -1.84. The first-order valence-corrected chi connectivity index (χ1v) is 3.08. The van der Waals surface area contributed by atoms with Gasteiger partial charge in [0.2, 0.25) is 0 Å². The predicted octanol–water partition coefficient (Wildman–Crippen LogP) is -0.0984. The van der Waals surface area contributed by atoms with E-state index in [4.69, 9.17) is 5.11 Å². The molecule has 0 atom stereocenters. The van der Waals surface area contributed by atoms with Crippen LogP contribution in [0.2, 0.25) is 0 Å². The number of hydrogen-bond acceptors (Lipinski definition) is 3. The number of nitrogens with one attached hydrogen (secondary N) is 1. The van der Waals surface area contributed by atoms with Gasteiger partial charge in [0.1, 0.15) is 9.39 Å². The number of H-pyrrole nitrogens is 1. The highest BCUT2D eigenvalue weighted by Crippen LogP contribution is 2.02. The fourth-order valence-corrected chi connectivity index (χ4v) is 0.740. The van der Waals surface area contributed by atoms with Crippen LogP contribution in [0.25, 0.3) is 0 Å². The van der Waals surface area contributed by atoms with Gasteiger partial charge in [-0.25, -0.2) is 0 Å². The second-order valence-corrected chi connectivity index (χ2v) is 2.24. The Balaban J connectivity index is 2.92. The summed E-state index contributed by atoms with van der Waals surface area (Å²) in [5.41, 5.74) is 0.602. The number of rotatable bonds is 1. The van der Waals surface area contributed by atoms with Gasteiger partial charge in [0, 0.05) is 0 Å². The van der Waals surface area contributed by atoms with E-state index in [1.807, 2.05) is 22.6 Å². The molecule has 44 valence electrons. The molecule has 0 saturated carbocycles. The molecular weight excluding hydrogens is 221 g/mol. The van der Waals surface area contributed by atoms with Crippen molar-refractivity contribution in [1.82, 2.24) is 15.4 Å². The summed E-state index contributed by atoms with van der Waals surface area (Å²) in [5, 5.41) is 18.2. The van der Waals surface area contributed by atoms with E-state index in [2.05, 4.69) is 15.4 Å². The molecule has 2 N–H and O–H groups in total. The third kappa shape index (κ3) is 0.972. The molecule has 1 aromatic rings. The molecule has 0 radical (unpaired) electrons. The quantitative estimate of drug-likeness (QED) is 0.656. The minimum absolute atomic E-state index is 0.0469. The molecule has 1 aromatic heterocycles. The Morgan fingerprint density at radius 2 is 2.38 bits per heavy atom.